The Morgan fingerprint density at radius 2 is 1.32 bits per heavy atom. The number of nitrogens with two attached hydrogens (primary N) is 1. The molecular weight excluding hydrogens is 338 g/mol. The first-order valence-electron chi connectivity index (χ1n) is 7.61. The third-order valence-electron chi connectivity index (χ3n) is 4.12. The minimum Gasteiger partial charge on any atom is -0.455 e. The molecule has 4 nitrogen and oxygen atoms in total. The molecule has 122 valence electrons. The summed E-state index contributed by atoms with van der Waals surface area (Å²) in [6.45, 7) is 0. The van der Waals surface area contributed by atoms with Crippen LogP contribution in [0, 0.1) is 0 Å². The van der Waals surface area contributed by atoms with Crippen LogP contribution in [0.25, 0.3) is 0 Å². The van der Waals surface area contributed by atoms with Crippen molar-refractivity contribution in [2.24, 2.45) is 0 Å². The molecule has 0 unspecified atom stereocenters. The first-order valence-corrected chi connectivity index (χ1v) is 7.99. The zero-order chi connectivity index (χ0) is 17.6. The molecule has 0 bridgehead atoms. The van der Waals surface area contributed by atoms with Gasteiger partial charge in [-0.25, -0.2) is 0 Å². The first kappa shape index (κ1) is 15.4. The van der Waals surface area contributed by atoms with Crippen molar-refractivity contribution in [3.63, 3.8) is 0 Å². The average Bonchev–Trinajstić information content (AvgIpc) is 2.61. The maximum absolute atomic E-state index is 13.0. The monoisotopic (exact) mass is 349 g/mol. The van der Waals surface area contributed by atoms with Gasteiger partial charge in [0.15, 0.2) is 11.6 Å². The Hall–Kier alpha value is -3.11. The summed E-state index contributed by atoms with van der Waals surface area (Å²) in [5.41, 5.74) is 7.24. The minimum absolute atomic E-state index is 0.227. The van der Waals surface area contributed by atoms with Crippen molar-refractivity contribution >= 4 is 28.9 Å². The molecule has 5 heteroatoms. The largest absolute Gasteiger partial charge is 0.455 e. The van der Waals surface area contributed by atoms with Crippen LogP contribution in [0.2, 0.25) is 5.02 Å². The molecule has 3 aromatic carbocycles. The van der Waals surface area contributed by atoms with Crippen molar-refractivity contribution in [2.75, 3.05) is 5.73 Å². The highest BCUT2D eigenvalue weighted by atomic mass is 35.5. The van der Waals surface area contributed by atoms with Crippen molar-refractivity contribution in [2.45, 2.75) is 0 Å². The Bertz CT molecular complexity index is 1040. The number of benzene rings is 3. The number of ether oxygens (including phenoxy) is 1. The van der Waals surface area contributed by atoms with Crippen LogP contribution in [-0.2, 0) is 0 Å². The molecule has 2 N–H and O–H groups in total. The number of hydrogen-bond acceptors (Lipinski definition) is 4. The van der Waals surface area contributed by atoms with E-state index in [0.717, 1.165) is 0 Å². The summed E-state index contributed by atoms with van der Waals surface area (Å²) in [6, 6.07) is 16.7. The molecule has 0 heterocycles. The highest BCUT2D eigenvalue weighted by Gasteiger charge is 2.33. The standard InChI is InChI=1S/C20H12ClNO3/c21-13-7-1-2-9-15(13)25-16-10-4-6-12-18(16)20(24)11-5-3-8-14(22)17(11)19(12)23/h1-10H,22H2. The molecule has 0 aromatic heterocycles. The van der Waals surface area contributed by atoms with Gasteiger partial charge in [0.2, 0.25) is 0 Å². The first-order chi connectivity index (χ1) is 12.1. The molecule has 4 rings (SSSR count). The molecular formula is C20H12ClNO3. The van der Waals surface area contributed by atoms with E-state index in [1.165, 1.54) is 0 Å². The van der Waals surface area contributed by atoms with Crippen molar-refractivity contribution in [3.05, 3.63) is 87.9 Å². The normalized spacial score (nSPS) is 12.5. The number of anilines is 1. The van der Waals surface area contributed by atoms with Crippen LogP contribution in [-0.4, -0.2) is 11.6 Å². The van der Waals surface area contributed by atoms with E-state index < -0.39 is 0 Å². The maximum atomic E-state index is 13.0. The number of nitrogen functional groups attached to an aromatic ring is 1. The Morgan fingerprint density at radius 3 is 2.08 bits per heavy atom. The number of carbonyl (C=O) groups excluding carboxylic acids is 2. The van der Waals surface area contributed by atoms with Gasteiger partial charge in [-0.3, -0.25) is 9.59 Å². The SMILES string of the molecule is Nc1cccc2c1C(=O)c1cccc(Oc3ccccc3Cl)c1C2=O. The van der Waals surface area contributed by atoms with Gasteiger partial charge in [0.25, 0.3) is 0 Å². The number of fused-ring (bicyclic) bond motifs is 2. The minimum atomic E-state index is -0.292. The molecule has 0 atom stereocenters. The Balaban J connectivity index is 1.89. The highest BCUT2D eigenvalue weighted by Crippen LogP contribution is 2.38. The summed E-state index contributed by atoms with van der Waals surface area (Å²) in [7, 11) is 0. The van der Waals surface area contributed by atoms with Crippen LogP contribution in [0.15, 0.2) is 60.7 Å². The maximum Gasteiger partial charge on any atom is 0.198 e. The van der Waals surface area contributed by atoms with Gasteiger partial charge in [-0.15, -0.1) is 0 Å². The van der Waals surface area contributed by atoms with Gasteiger partial charge in [0.05, 0.1) is 16.1 Å². The van der Waals surface area contributed by atoms with Crippen molar-refractivity contribution in [3.8, 4) is 11.5 Å². The second-order valence-corrected chi connectivity index (χ2v) is 6.05. The third-order valence-corrected chi connectivity index (χ3v) is 4.44. The lowest BCUT2D eigenvalue weighted by Crippen LogP contribution is -2.22. The van der Waals surface area contributed by atoms with Crippen LogP contribution in [0.5, 0.6) is 11.5 Å². The summed E-state index contributed by atoms with van der Waals surface area (Å²) < 4.78 is 5.84. The molecule has 25 heavy (non-hydrogen) atoms. The van der Waals surface area contributed by atoms with Crippen molar-refractivity contribution < 1.29 is 14.3 Å². The lowest BCUT2D eigenvalue weighted by Gasteiger charge is -2.21. The predicted octanol–water partition coefficient (Wildman–Crippen LogP) is 4.49. The molecule has 0 radical (unpaired) electrons. The van der Waals surface area contributed by atoms with Crippen LogP contribution >= 0.6 is 11.6 Å². The summed E-state index contributed by atoms with van der Waals surface area (Å²) in [4.78, 5) is 25.8. The number of hydrogen-bond donors (Lipinski definition) is 1. The molecule has 3 aromatic rings. The zero-order valence-corrected chi connectivity index (χ0v) is 13.7. The number of carbonyl (C=O) groups is 2. The van der Waals surface area contributed by atoms with Gasteiger partial charge < -0.3 is 10.5 Å². The fourth-order valence-electron chi connectivity index (χ4n) is 2.97. The van der Waals surface area contributed by atoms with E-state index in [4.69, 9.17) is 22.1 Å². The van der Waals surface area contributed by atoms with Crippen LogP contribution < -0.4 is 10.5 Å². The molecule has 0 aliphatic heterocycles. The second-order valence-electron chi connectivity index (χ2n) is 5.64. The summed E-state index contributed by atoms with van der Waals surface area (Å²) >= 11 is 6.13. The molecule has 0 spiro atoms. The molecule has 1 aliphatic rings. The fourth-order valence-corrected chi connectivity index (χ4v) is 3.14. The number of ketones is 2. The van der Waals surface area contributed by atoms with E-state index in [-0.39, 0.29) is 39.6 Å². The lowest BCUT2D eigenvalue weighted by atomic mass is 9.83. The van der Waals surface area contributed by atoms with Crippen LogP contribution in [0.4, 0.5) is 5.69 Å². The van der Waals surface area contributed by atoms with Crippen molar-refractivity contribution in [1.82, 2.24) is 0 Å². The quantitative estimate of drug-likeness (QED) is 0.541. The van der Waals surface area contributed by atoms with Gasteiger partial charge >= 0.3 is 0 Å². The number of halogens is 1. The van der Waals surface area contributed by atoms with Gasteiger partial charge in [0, 0.05) is 16.8 Å². The van der Waals surface area contributed by atoms with Gasteiger partial charge in [0.1, 0.15) is 11.5 Å². The van der Waals surface area contributed by atoms with Gasteiger partial charge in [-0.2, -0.15) is 0 Å². The van der Waals surface area contributed by atoms with Crippen LogP contribution in [0.3, 0.4) is 0 Å². The number of rotatable bonds is 2. The Kier molecular flexibility index (Phi) is 3.55. The smallest absolute Gasteiger partial charge is 0.198 e. The summed E-state index contributed by atoms with van der Waals surface area (Å²) in [5, 5.41) is 0.416. The molecule has 0 saturated heterocycles. The van der Waals surface area contributed by atoms with Crippen molar-refractivity contribution in [1.29, 1.82) is 0 Å². The van der Waals surface area contributed by atoms with E-state index in [1.807, 2.05) is 0 Å². The zero-order valence-electron chi connectivity index (χ0n) is 13.0. The van der Waals surface area contributed by atoms with E-state index in [2.05, 4.69) is 0 Å². The Morgan fingerprint density at radius 1 is 0.720 bits per heavy atom. The molecule has 0 amide bonds. The van der Waals surface area contributed by atoms with Gasteiger partial charge in [-0.05, 0) is 24.3 Å². The third kappa shape index (κ3) is 2.39. The highest BCUT2D eigenvalue weighted by molar-refractivity contribution is 6.32. The second kappa shape index (κ2) is 5.76. The van der Waals surface area contributed by atoms with E-state index >= 15 is 0 Å². The average molecular weight is 350 g/mol. The van der Waals surface area contributed by atoms with Gasteiger partial charge in [-0.1, -0.05) is 48.0 Å². The topological polar surface area (TPSA) is 69.4 Å². The number of para-hydroxylation sites is 1. The van der Waals surface area contributed by atoms with E-state index in [9.17, 15) is 9.59 Å². The molecule has 0 saturated carbocycles. The van der Waals surface area contributed by atoms with E-state index in [1.54, 1.807) is 60.7 Å². The summed E-state index contributed by atoms with van der Waals surface area (Å²) in [5.74, 6) is 0.125. The Labute approximate surface area is 148 Å². The molecule has 0 fully saturated rings. The molecule has 1 aliphatic carbocycles. The van der Waals surface area contributed by atoms with Crippen LogP contribution in [0.1, 0.15) is 31.8 Å². The van der Waals surface area contributed by atoms with E-state index in [0.29, 0.717) is 16.5 Å². The lowest BCUT2D eigenvalue weighted by molar-refractivity contribution is 0.0977. The fraction of sp³-hybridized carbons (Fsp3) is 0. The predicted molar refractivity (Wildman–Crippen MR) is 95.7 cm³/mol. The summed E-state index contributed by atoms with van der Waals surface area (Å²) in [6.07, 6.45) is 0.